The summed E-state index contributed by atoms with van der Waals surface area (Å²) in [5.41, 5.74) is 0. The molecule has 0 radical (unpaired) electrons. The first-order valence-electron chi connectivity index (χ1n) is 4.14. The molecule has 0 aliphatic heterocycles. The molecule has 0 aliphatic carbocycles. The number of unbranched alkanes of at least 4 members (excludes halogenated alkanes) is 3. The Labute approximate surface area is 64.6 Å². The highest BCUT2D eigenvalue weighted by molar-refractivity contribution is 4.79. The van der Waals surface area contributed by atoms with Gasteiger partial charge in [0.25, 0.3) is 0 Å². The van der Waals surface area contributed by atoms with Crippen molar-refractivity contribution in [1.82, 2.24) is 0 Å². The monoisotopic (exact) mass is 138 g/mol. The van der Waals surface area contributed by atoms with Gasteiger partial charge in [0.2, 0.25) is 0 Å². The third kappa shape index (κ3) is 7.48. The fraction of sp³-hybridized carbons (Fsp3) is 0.600. The number of hydrogen-bond acceptors (Lipinski definition) is 0. The molecule has 0 spiro atoms. The van der Waals surface area contributed by atoms with E-state index in [9.17, 15) is 0 Å². The van der Waals surface area contributed by atoms with E-state index in [1.54, 1.807) is 0 Å². The second kappa shape index (κ2) is 8.48. The summed E-state index contributed by atoms with van der Waals surface area (Å²) < 4.78 is 0. The number of allylic oxidation sites excluding steroid dienone is 4. The second-order valence-electron chi connectivity index (χ2n) is 2.42. The highest BCUT2D eigenvalue weighted by Gasteiger charge is 1.80. The van der Waals surface area contributed by atoms with Gasteiger partial charge in [-0.15, -0.1) is 0 Å². The summed E-state index contributed by atoms with van der Waals surface area (Å²) in [4.78, 5) is 0. The standard InChI is InChI=1S/C10H18/c1-3-5-7-9-10-8-6-4-2/h3-6H,7-10H2,1-2H3. The molecule has 0 rings (SSSR count). The molecule has 0 aromatic rings. The van der Waals surface area contributed by atoms with E-state index in [0.29, 0.717) is 0 Å². The van der Waals surface area contributed by atoms with Gasteiger partial charge in [-0.3, -0.25) is 0 Å². The zero-order valence-electron chi connectivity index (χ0n) is 7.14. The molecule has 0 aromatic carbocycles. The van der Waals surface area contributed by atoms with Crippen LogP contribution in [0.4, 0.5) is 0 Å². The van der Waals surface area contributed by atoms with Gasteiger partial charge in [-0.2, -0.15) is 0 Å². The van der Waals surface area contributed by atoms with Crippen LogP contribution in [0.2, 0.25) is 0 Å². The zero-order valence-corrected chi connectivity index (χ0v) is 7.14. The third-order valence-electron chi connectivity index (χ3n) is 1.46. The highest BCUT2D eigenvalue weighted by atomic mass is 13.9. The van der Waals surface area contributed by atoms with Crippen LogP contribution in [0, 0.1) is 0 Å². The summed E-state index contributed by atoms with van der Waals surface area (Å²) in [6.07, 6.45) is 13.8. The minimum Gasteiger partial charge on any atom is -0.0917 e. The van der Waals surface area contributed by atoms with Crippen molar-refractivity contribution >= 4 is 0 Å². The fourth-order valence-corrected chi connectivity index (χ4v) is 0.858. The molecule has 0 bridgehead atoms. The van der Waals surface area contributed by atoms with E-state index in [0.717, 1.165) is 0 Å². The average Bonchev–Trinajstić information content (AvgIpc) is 1.97. The molecule has 0 nitrogen and oxygen atoms in total. The molecule has 0 heterocycles. The number of hydrogen-bond donors (Lipinski definition) is 0. The van der Waals surface area contributed by atoms with Gasteiger partial charge in [-0.25, -0.2) is 0 Å². The van der Waals surface area contributed by atoms with Gasteiger partial charge in [0.15, 0.2) is 0 Å². The normalized spacial score (nSPS) is 11.8. The molecule has 0 atom stereocenters. The van der Waals surface area contributed by atoms with E-state index in [1.807, 2.05) is 0 Å². The summed E-state index contributed by atoms with van der Waals surface area (Å²) in [6.45, 7) is 4.15. The molecule has 0 aromatic heterocycles. The van der Waals surface area contributed by atoms with Gasteiger partial charge in [0.1, 0.15) is 0 Å². The molecule has 0 heteroatoms. The Morgan fingerprint density at radius 1 is 0.800 bits per heavy atom. The van der Waals surface area contributed by atoms with Gasteiger partial charge in [-0.1, -0.05) is 24.3 Å². The SMILES string of the molecule is CC=CCCCCC=CC. The minimum atomic E-state index is 1.24. The summed E-state index contributed by atoms with van der Waals surface area (Å²) in [7, 11) is 0. The summed E-state index contributed by atoms with van der Waals surface area (Å²) >= 11 is 0. The van der Waals surface area contributed by atoms with Crippen molar-refractivity contribution in [1.29, 1.82) is 0 Å². The van der Waals surface area contributed by atoms with Crippen LogP contribution < -0.4 is 0 Å². The Hall–Kier alpha value is -0.520. The van der Waals surface area contributed by atoms with Crippen LogP contribution in [-0.2, 0) is 0 Å². The molecule has 0 aliphatic rings. The molecule has 0 amide bonds. The predicted molar refractivity (Wildman–Crippen MR) is 48.1 cm³/mol. The van der Waals surface area contributed by atoms with Crippen molar-refractivity contribution < 1.29 is 0 Å². The molecular formula is C10H18. The summed E-state index contributed by atoms with van der Waals surface area (Å²) in [5, 5.41) is 0. The first-order chi connectivity index (χ1) is 4.91. The lowest BCUT2D eigenvalue weighted by molar-refractivity contribution is 0.761. The quantitative estimate of drug-likeness (QED) is 0.401. The second-order valence-corrected chi connectivity index (χ2v) is 2.42. The van der Waals surface area contributed by atoms with Crippen molar-refractivity contribution in [3.05, 3.63) is 24.3 Å². The van der Waals surface area contributed by atoms with E-state index in [-0.39, 0.29) is 0 Å². The lowest BCUT2D eigenvalue weighted by Crippen LogP contribution is -1.71. The van der Waals surface area contributed by atoms with Crippen molar-refractivity contribution in [2.45, 2.75) is 39.5 Å². The van der Waals surface area contributed by atoms with Crippen molar-refractivity contribution in [2.75, 3.05) is 0 Å². The molecule has 0 saturated carbocycles. The Morgan fingerprint density at radius 3 is 1.50 bits per heavy atom. The average molecular weight is 138 g/mol. The van der Waals surface area contributed by atoms with Crippen molar-refractivity contribution in [2.24, 2.45) is 0 Å². The van der Waals surface area contributed by atoms with Crippen LogP contribution in [0.25, 0.3) is 0 Å². The van der Waals surface area contributed by atoms with E-state index in [2.05, 4.69) is 38.2 Å². The number of rotatable bonds is 5. The van der Waals surface area contributed by atoms with E-state index >= 15 is 0 Å². The maximum absolute atomic E-state index is 2.23. The topological polar surface area (TPSA) is 0 Å². The molecular weight excluding hydrogens is 120 g/mol. The van der Waals surface area contributed by atoms with Gasteiger partial charge in [0, 0.05) is 0 Å². The molecule has 58 valence electrons. The van der Waals surface area contributed by atoms with Crippen LogP contribution >= 0.6 is 0 Å². The molecule has 0 fully saturated rings. The lowest BCUT2D eigenvalue weighted by atomic mass is 10.2. The maximum atomic E-state index is 2.23. The van der Waals surface area contributed by atoms with Gasteiger partial charge < -0.3 is 0 Å². The van der Waals surface area contributed by atoms with E-state index in [1.165, 1.54) is 25.7 Å². The minimum absolute atomic E-state index is 1.24. The smallest absolute Gasteiger partial charge is 0.0351 e. The lowest BCUT2D eigenvalue weighted by Gasteiger charge is -1.90. The van der Waals surface area contributed by atoms with Gasteiger partial charge in [-0.05, 0) is 39.5 Å². The first kappa shape index (κ1) is 9.48. The van der Waals surface area contributed by atoms with Gasteiger partial charge in [0.05, 0.1) is 0 Å². The molecule has 0 unspecified atom stereocenters. The van der Waals surface area contributed by atoms with Crippen LogP contribution in [0.15, 0.2) is 24.3 Å². The Kier molecular flexibility index (Phi) is 8.04. The highest BCUT2D eigenvalue weighted by Crippen LogP contribution is 2.00. The Morgan fingerprint density at radius 2 is 1.20 bits per heavy atom. The Balaban J connectivity index is 2.90. The zero-order chi connectivity index (χ0) is 7.66. The van der Waals surface area contributed by atoms with Gasteiger partial charge >= 0.3 is 0 Å². The fourth-order valence-electron chi connectivity index (χ4n) is 0.858. The Bertz CT molecular complexity index is 84.6. The largest absolute Gasteiger partial charge is 0.0917 e. The maximum Gasteiger partial charge on any atom is -0.0351 e. The van der Waals surface area contributed by atoms with Crippen LogP contribution in [0.5, 0.6) is 0 Å². The molecule has 10 heavy (non-hydrogen) atoms. The van der Waals surface area contributed by atoms with Crippen molar-refractivity contribution in [3.63, 3.8) is 0 Å². The molecule has 0 N–H and O–H groups in total. The predicted octanol–water partition coefficient (Wildman–Crippen LogP) is 3.70. The van der Waals surface area contributed by atoms with E-state index in [4.69, 9.17) is 0 Å². The van der Waals surface area contributed by atoms with E-state index < -0.39 is 0 Å². The summed E-state index contributed by atoms with van der Waals surface area (Å²) in [6, 6.07) is 0. The van der Waals surface area contributed by atoms with Crippen molar-refractivity contribution in [3.8, 4) is 0 Å². The van der Waals surface area contributed by atoms with Crippen LogP contribution in [0.3, 0.4) is 0 Å². The molecule has 0 saturated heterocycles. The van der Waals surface area contributed by atoms with Crippen LogP contribution in [0.1, 0.15) is 39.5 Å². The summed E-state index contributed by atoms with van der Waals surface area (Å²) in [5.74, 6) is 0. The first-order valence-corrected chi connectivity index (χ1v) is 4.14. The van der Waals surface area contributed by atoms with Crippen LogP contribution in [-0.4, -0.2) is 0 Å². The third-order valence-corrected chi connectivity index (χ3v) is 1.46.